The number of nitrogens with zero attached hydrogens (tertiary/aromatic N) is 2. The van der Waals surface area contributed by atoms with Gasteiger partial charge in [-0.15, -0.1) is 0 Å². The zero-order valence-corrected chi connectivity index (χ0v) is 18.6. The van der Waals surface area contributed by atoms with Crippen LogP contribution in [-0.2, 0) is 21.8 Å². The summed E-state index contributed by atoms with van der Waals surface area (Å²) in [6.07, 6.45) is 0. The smallest absolute Gasteiger partial charge is 0.446 e. The van der Waals surface area contributed by atoms with Crippen LogP contribution in [0, 0.1) is 0 Å². The maximum Gasteiger partial charge on any atom is 0.446 e. The van der Waals surface area contributed by atoms with Gasteiger partial charge in [-0.2, -0.15) is 13.2 Å². The first-order valence-electron chi connectivity index (χ1n) is 9.44. The van der Waals surface area contributed by atoms with E-state index in [2.05, 4.69) is 4.98 Å². The zero-order chi connectivity index (χ0) is 22.4. The lowest BCUT2D eigenvalue weighted by molar-refractivity contribution is -0.0328. The molecule has 166 valence electrons. The number of hydrogen-bond donors (Lipinski definition) is 0. The van der Waals surface area contributed by atoms with Crippen molar-refractivity contribution < 1.29 is 27.4 Å². The number of hydrogen-bond acceptors (Lipinski definition) is 6. The lowest BCUT2D eigenvalue weighted by atomic mass is 10.2. The Labute approximate surface area is 186 Å². The molecular formula is C21H21F3N2O3S2. The highest BCUT2D eigenvalue weighted by molar-refractivity contribution is 8.00. The van der Waals surface area contributed by atoms with E-state index in [1.807, 2.05) is 10.6 Å². The lowest BCUT2D eigenvalue weighted by Crippen LogP contribution is -2.06. The summed E-state index contributed by atoms with van der Waals surface area (Å²) in [6, 6.07) is 11.6. The predicted octanol–water partition coefficient (Wildman–Crippen LogP) is 5.76. The molecule has 0 bridgehead atoms. The molecule has 3 aromatic rings. The first kappa shape index (κ1) is 23.5. The topological polar surface area (TPSA) is 53.3 Å². The van der Waals surface area contributed by atoms with E-state index < -0.39 is 11.5 Å². The number of thioether (sulfide) groups is 2. The Kier molecular flexibility index (Phi) is 7.90. The first-order chi connectivity index (χ1) is 14.8. The summed E-state index contributed by atoms with van der Waals surface area (Å²) >= 11 is 1.29. The fourth-order valence-electron chi connectivity index (χ4n) is 2.94. The Morgan fingerprint density at radius 2 is 2.00 bits per heavy atom. The van der Waals surface area contributed by atoms with Gasteiger partial charge < -0.3 is 14.0 Å². The van der Waals surface area contributed by atoms with E-state index in [4.69, 9.17) is 9.47 Å². The fraction of sp³-hybridized carbons (Fsp3) is 0.333. The number of fused-ring (bicyclic) bond motifs is 1. The molecule has 0 N–H and O–H groups in total. The van der Waals surface area contributed by atoms with Gasteiger partial charge >= 0.3 is 11.5 Å². The van der Waals surface area contributed by atoms with Crippen LogP contribution in [0.3, 0.4) is 0 Å². The highest BCUT2D eigenvalue weighted by Crippen LogP contribution is 2.37. The molecular weight excluding hydrogens is 449 g/mol. The third-order valence-electron chi connectivity index (χ3n) is 4.24. The summed E-state index contributed by atoms with van der Waals surface area (Å²) < 4.78 is 50.2. The summed E-state index contributed by atoms with van der Waals surface area (Å²) in [4.78, 5) is 16.8. The van der Waals surface area contributed by atoms with Gasteiger partial charge in [0.05, 0.1) is 29.8 Å². The molecule has 1 heterocycles. The molecule has 0 radical (unpaired) electrons. The molecule has 0 aliphatic heterocycles. The second-order valence-corrected chi connectivity index (χ2v) is 8.53. The van der Waals surface area contributed by atoms with Crippen molar-refractivity contribution in [3.63, 3.8) is 0 Å². The molecule has 1 aromatic heterocycles. The number of methoxy groups -OCH3 is 1. The second kappa shape index (κ2) is 10.4. The third-order valence-corrected chi connectivity index (χ3v) is 6.01. The molecule has 5 nitrogen and oxygen atoms in total. The summed E-state index contributed by atoms with van der Waals surface area (Å²) in [5.74, 6) is 0.0387. The van der Waals surface area contributed by atoms with Crippen LogP contribution in [0.5, 0.6) is 0 Å². The van der Waals surface area contributed by atoms with Crippen molar-refractivity contribution >= 4 is 40.5 Å². The molecule has 31 heavy (non-hydrogen) atoms. The average Bonchev–Trinajstić information content (AvgIpc) is 3.06. The normalized spacial score (nSPS) is 11.8. The Hall–Kier alpha value is -2.17. The third kappa shape index (κ3) is 6.41. The molecule has 0 aliphatic carbocycles. The standard InChI is InChI=1S/C21H21F3N2O3S2/c1-3-29-19(27)15-7-8-18-17(12-15)25-20(26(18)9-10-28-2)30-13-14-5-4-6-16(11-14)31-21(22,23)24/h4-8,11-12H,3,9-10,13H2,1-2H3. The summed E-state index contributed by atoms with van der Waals surface area (Å²) in [5.41, 5.74) is -1.66. The number of rotatable bonds is 9. The van der Waals surface area contributed by atoms with Crippen molar-refractivity contribution in [1.82, 2.24) is 9.55 Å². The summed E-state index contributed by atoms with van der Waals surface area (Å²) in [6.45, 7) is 3.05. The molecule has 0 atom stereocenters. The Morgan fingerprint density at radius 1 is 1.19 bits per heavy atom. The molecule has 0 spiro atoms. The van der Waals surface area contributed by atoms with Crippen LogP contribution in [-0.4, -0.2) is 41.4 Å². The average molecular weight is 471 g/mol. The van der Waals surface area contributed by atoms with Crippen molar-refractivity contribution in [2.45, 2.75) is 34.8 Å². The van der Waals surface area contributed by atoms with E-state index in [9.17, 15) is 18.0 Å². The van der Waals surface area contributed by atoms with Crippen LogP contribution >= 0.6 is 23.5 Å². The number of halogens is 3. The van der Waals surface area contributed by atoms with Crippen LogP contribution < -0.4 is 0 Å². The van der Waals surface area contributed by atoms with E-state index in [1.165, 1.54) is 23.9 Å². The van der Waals surface area contributed by atoms with E-state index in [0.717, 1.165) is 11.1 Å². The maximum absolute atomic E-state index is 12.7. The largest absolute Gasteiger partial charge is 0.462 e. The molecule has 0 amide bonds. The number of ether oxygens (including phenoxy) is 2. The van der Waals surface area contributed by atoms with Gasteiger partial charge in [0.25, 0.3) is 0 Å². The van der Waals surface area contributed by atoms with Gasteiger partial charge in [0, 0.05) is 24.3 Å². The van der Waals surface area contributed by atoms with Crippen LogP contribution in [0.2, 0.25) is 0 Å². The summed E-state index contributed by atoms with van der Waals surface area (Å²) in [7, 11) is 1.61. The summed E-state index contributed by atoms with van der Waals surface area (Å²) in [5, 5.41) is 0.696. The molecule has 0 saturated heterocycles. The van der Waals surface area contributed by atoms with Gasteiger partial charge in [-0.25, -0.2) is 9.78 Å². The number of carbonyl (C=O) groups excluding carboxylic acids is 1. The molecule has 3 rings (SSSR count). The van der Waals surface area contributed by atoms with Crippen LogP contribution in [0.1, 0.15) is 22.8 Å². The molecule has 0 aliphatic rings. The minimum Gasteiger partial charge on any atom is -0.462 e. The maximum atomic E-state index is 12.7. The van der Waals surface area contributed by atoms with Crippen LogP contribution in [0.25, 0.3) is 11.0 Å². The van der Waals surface area contributed by atoms with Gasteiger partial charge in [0.15, 0.2) is 5.16 Å². The number of imidazole rings is 1. The van der Waals surface area contributed by atoms with Gasteiger partial charge in [0.2, 0.25) is 0 Å². The Balaban J connectivity index is 1.84. The Morgan fingerprint density at radius 3 is 2.71 bits per heavy atom. The SMILES string of the molecule is CCOC(=O)c1ccc2c(c1)nc(SCc1cccc(SC(F)(F)F)c1)n2CCOC. The fourth-order valence-corrected chi connectivity index (χ4v) is 4.55. The van der Waals surface area contributed by atoms with Crippen molar-refractivity contribution in [2.24, 2.45) is 0 Å². The minimum absolute atomic E-state index is 0.128. The van der Waals surface area contributed by atoms with E-state index in [1.54, 1.807) is 38.3 Å². The lowest BCUT2D eigenvalue weighted by Gasteiger charge is -2.10. The van der Waals surface area contributed by atoms with Gasteiger partial charge in [-0.3, -0.25) is 0 Å². The Bertz CT molecular complexity index is 1050. The molecule has 0 unspecified atom stereocenters. The predicted molar refractivity (Wildman–Crippen MR) is 115 cm³/mol. The quantitative estimate of drug-likeness (QED) is 0.293. The number of aromatic nitrogens is 2. The number of carbonyl (C=O) groups is 1. The van der Waals surface area contributed by atoms with Crippen LogP contribution in [0.15, 0.2) is 52.5 Å². The monoisotopic (exact) mass is 470 g/mol. The number of alkyl halides is 3. The van der Waals surface area contributed by atoms with E-state index >= 15 is 0 Å². The first-order valence-corrected chi connectivity index (χ1v) is 11.2. The molecule has 0 saturated carbocycles. The van der Waals surface area contributed by atoms with Crippen molar-refractivity contribution in [3.05, 3.63) is 53.6 Å². The molecule has 2 aromatic carbocycles. The van der Waals surface area contributed by atoms with Crippen molar-refractivity contribution in [2.75, 3.05) is 20.3 Å². The van der Waals surface area contributed by atoms with Crippen molar-refractivity contribution in [1.29, 1.82) is 0 Å². The highest BCUT2D eigenvalue weighted by Gasteiger charge is 2.29. The van der Waals surface area contributed by atoms with Gasteiger partial charge in [-0.05, 0) is 54.6 Å². The van der Waals surface area contributed by atoms with E-state index in [0.29, 0.717) is 35.1 Å². The molecule has 0 fully saturated rings. The number of esters is 1. The number of benzene rings is 2. The van der Waals surface area contributed by atoms with Gasteiger partial charge in [-0.1, -0.05) is 23.9 Å². The minimum atomic E-state index is -4.32. The van der Waals surface area contributed by atoms with Gasteiger partial charge in [0.1, 0.15) is 0 Å². The second-order valence-electron chi connectivity index (χ2n) is 6.45. The van der Waals surface area contributed by atoms with Crippen LogP contribution in [0.4, 0.5) is 13.2 Å². The zero-order valence-electron chi connectivity index (χ0n) is 16.9. The van der Waals surface area contributed by atoms with Crippen molar-refractivity contribution in [3.8, 4) is 0 Å². The molecule has 10 heteroatoms. The van der Waals surface area contributed by atoms with E-state index in [-0.39, 0.29) is 23.3 Å². The highest BCUT2D eigenvalue weighted by atomic mass is 32.2.